The van der Waals surface area contributed by atoms with Crippen LogP contribution in [0.15, 0.2) is 42.5 Å². The van der Waals surface area contributed by atoms with Crippen molar-refractivity contribution in [1.82, 2.24) is 0 Å². The lowest BCUT2D eigenvalue weighted by Gasteiger charge is -2.24. The average molecular weight is 271 g/mol. The van der Waals surface area contributed by atoms with Crippen LogP contribution in [0.4, 0.5) is 5.69 Å². The minimum Gasteiger partial charge on any atom is -0.507 e. The zero-order chi connectivity index (χ0) is 14.5. The van der Waals surface area contributed by atoms with Crippen LogP contribution in [0.3, 0.4) is 0 Å². The highest BCUT2D eigenvalue weighted by Crippen LogP contribution is 2.26. The number of rotatable bonds is 5. The van der Waals surface area contributed by atoms with Crippen molar-refractivity contribution in [2.24, 2.45) is 0 Å². The van der Waals surface area contributed by atoms with Crippen LogP contribution in [-0.4, -0.2) is 18.8 Å². The Kier molecular flexibility index (Phi) is 4.51. The van der Waals surface area contributed by atoms with Gasteiger partial charge in [0, 0.05) is 30.4 Å². The second-order valence-corrected chi connectivity index (χ2v) is 4.84. The van der Waals surface area contributed by atoms with Gasteiger partial charge in [0.15, 0.2) is 0 Å². The van der Waals surface area contributed by atoms with Gasteiger partial charge in [0.25, 0.3) is 0 Å². The summed E-state index contributed by atoms with van der Waals surface area (Å²) >= 11 is 0. The second-order valence-electron chi connectivity index (χ2n) is 4.84. The quantitative estimate of drug-likeness (QED) is 0.899. The first-order valence-corrected chi connectivity index (χ1v) is 6.81. The van der Waals surface area contributed by atoms with E-state index in [1.54, 1.807) is 13.2 Å². The summed E-state index contributed by atoms with van der Waals surface area (Å²) in [5.41, 5.74) is 3.30. The number of aromatic hydroxyl groups is 1. The molecule has 0 aliphatic rings. The number of phenolic OH excluding ortho intramolecular Hbond substituents is 1. The van der Waals surface area contributed by atoms with E-state index in [2.05, 4.69) is 43.0 Å². The average Bonchev–Trinajstić information content (AvgIpc) is 2.47. The SMILES string of the molecule is CCN(Cc1ccc(OC)cc1O)c1ccc(C)cc1. The summed E-state index contributed by atoms with van der Waals surface area (Å²) in [4.78, 5) is 2.22. The molecule has 3 heteroatoms. The molecule has 0 aliphatic carbocycles. The molecule has 0 radical (unpaired) electrons. The number of hydrogen-bond acceptors (Lipinski definition) is 3. The number of hydrogen-bond donors (Lipinski definition) is 1. The van der Waals surface area contributed by atoms with Gasteiger partial charge in [-0.25, -0.2) is 0 Å². The largest absolute Gasteiger partial charge is 0.507 e. The number of phenols is 1. The van der Waals surface area contributed by atoms with Crippen molar-refractivity contribution < 1.29 is 9.84 Å². The summed E-state index contributed by atoms with van der Waals surface area (Å²) in [5.74, 6) is 0.944. The highest BCUT2D eigenvalue weighted by atomic mass is 16.5. The van der Waals surface area contributed by atoms with E-state index >= 15 is 0 Å². The lowest BCUT2D eigenvalue weighted by Crippen LogP contribution is -2.21. The first-order chi connectivity index (χ1) is 9.63. The van der Waals surface area contributed by atoms with Gasteiger partial charge in [-0.05, 0) is 38.1 Å². The fourth-order valence-electron chi connectivity index (χ4n) is 2.15. The maximum Gasteiger partial charge on any atom is 0.124 e. The van der Waals surface area contributed by atoms with E-state index in [9.17, 15) is 5.11 Å². The Labute approximate surface area is 120 Å². The standard InChI is InChI=1S/C17H21NO2/c1-4-18(15-8-5-13(2)6-9-15)12-14-7-10-16(20-3)11-17(14)19/h5-11,19H,4,12H2,1-3H3. The number of methoxy groups -OCH3 is 1. The van der Waals surface area contributed by atoms with Crippen LogP contribution in [0.5, 0.6) is 11.5 Å². The van der Waals surface area contributed by atoms with Crippen LogP contribution in [0.1, 0.15) is 18.1 Å². The molecule has 0 aliphatic heterocycles. The highest BCUT2D eigenvalue weighted by molar-refractivity contribution is 5.50. The van der Waals surface area contributed by atoms with E-state index in [1.165, 1.54) is 5.56 Å². The van der Waals surface area contributed by atoms with E-state index in [1.807, 2.05) is 12.1 Å². The Balaban J connectivity index is 2.20. The molecule has 2 rings (SSSR count). The molecule has 2 aromatic rings. The number of ether oxygens (including phenoxy) is 1. The van der Waals surface area contributed by atoms with E-state index in [0.717, 1.165) is 17.8 Å². The van der Waals surface area contributed by atoms with Crippen LogP contribution in [0.25, 0.3) is 0 Å². The zero-order valence-corrected chi connectivity index (χ0v) is 12.3. The lowest BCUT2D eigenvalue weighted by molar-refractivity contribution is 0.406. The molecular formula is C17H21NO2. The summed E-state index contributed by atoms with van der Waals surface area (Å²) in [6.45, 7) is 5.75. The molecule has 1 N–H and O–H groups in total. The molecule has 0 aromatic heterocycles. The van der Waals surface area contributed by atoms with Crippen LogP contribution < -0.4 is 9.64 Å². The number of nitrogens with zero attached hydrogens (tertiary/aromatic N) is 1. The van der Waals surface area contributed by atoms with Gasteiger partial charge in [-0.1, -0.05) is 17.7 Å². The first-order valence-electron chi connectivity index (χ1n) is 6.81. The Morgan fingerprint density at radius 3 is 2.35 bits per heavy atom. The molecular weight excluding hydrogens is 250 g/mol. The molecule has 106 valence electrons. The molecule has 0 saturated heterocycles. The van der Waals surface area contributed by atoms with Crippen LogP contribution in [-0.2, 0) is 6.54 Å². The molecule has 0 fully saturated rings. The van der Waals surface area contributed by atoms with Crippen molar-refractivity contribution in [3.63, 3.8) is 0 Å². The van der Waals surface area contributed by atoms with E-state index in [0.29, 0.717) is 12.3 Å². The maximum absolute atomic E-state index is 10.1. The molecule has 0 unspecified atom stereocenters. The van der Waals surface area contributed by atoms with Crippen LogP contribution >= 0.6 is 0 Å². The van der Waals surface area contributed by atoms with Gasteiger partial charge in [-0.2, -0.15) is 0 Å². The van der Waals surface area contributed by atoms with E-state index < -0.39 is 0 Å². The van der Waals surface area contributed by atoms with Gasteiger partial charge in [0.2, 0.25) is 0 Å². The summed E-state index contributed by atoms with van der Waals surface area (Å²) in [6.07, 6.45) is 0. The highest BCUT2D eigenvalue weighted by Gasteiger charge is 2.09. The Hall–Kier alpha value is -2.16. The molecule has 0 atom stereocenters. The van der Waals surface area contributed by atoms with Crippen LogP contribution in [0, 0.1) is 6.92 Å². The Morgan fingerprint density at radius 2 is 1.80 bits per heavy atom. The molecule has 20 heavy (non-hydrogen) atoms. The third-order valence-electron chi connectivity index (χ3n) is 3.43. The predicted octanol–water partition coefficient (Wildman–Crippen LogP) is 3.74. The number of anilines is 1. The van der Waals surface area contributed by atoms with Gasteiger partial charge in [0.1, 0.15) is 11.5 Å². The van der Waals surface area contributed by atoms with Gasteiger partial charge in [-0.3, -0.25) is 0 Å². The molecule has 2 aromatic carbocycles. The minimum absolute atomic E-state index is 0.273. The molecule has 0 spiro atoms. The minimum atomic E-state index is 0.273. The Morgan fingerprint density at radius 1 is 1.10 bits per heavy atom. The van der Waals surface area contributed by atoms with Gasteiger partial charge in [0.05, 0.1) is 7.11 Å². The summed E-state index contributed by atoms with van der Waals surface area (Å²) in [7, 11) is 1.60. The first kappa shape index (κ1) is 14.3. The molecule has 0 heterocycles. The molecule has 3 nitrogen and oxygen atoms in total. The summed E-state index contributed by atoms with van der Waals surface area (Å²) in [6, 6.07) is 13.9. The van der Waals surface area contributed by atoms with E-state index in [-0.39, 0.29) is 5.75 Å². The molecule has 0 saturated carbocycles. The molecule has 0 bridgehead atoms. The zero-order valence-electron chi connectivity index (χ0n) is 12.3. The topological polar surface area (TPSA) is 32.7 Å². The fraction of sp³-hybridized carbons (Fsp3) is 0.294. The third kappa shape index (κ3) is 3.23. The fourth-order valence-corrected chi connectivity index (χ4v) is 2.15. The van der Waals surface area contributed by atoms with Crippen molar-refractivity contribution in [1.29, 1.82) is 0 Å². The smallest absolute Gasteiger partial charge is 0.124 e. The normalized spacial score (nSPS) is 10.3. The van der Waals surface area contributed by atoms with Gasteiger partial charge >= 0.3 is 0 Å². The summed E-state index contributed by atoms with van der Waals surface area (Å²) < 4.78 is 5.11. The number of benzene rings is 2. The second kappa shape index (κ2) is 6.33. The lowest BCUT2D eigenvalue weighted by atomic mass is 10.1. The van der Waals surface area contributed by atoms with Crippen molar-refractivity contribution in [3.8, 4) is 11.5 Å². The summed E-state index contributed by atoms with van der Waals surface area (Å²) in [5, 5.41) is 10.1. The van der Waals surface area contributed by atoms with Gasteiger partial charge < -0.3 is 14.7 Å². The van der Waals surface area contributed by atoms with Crippen molar-refractivity contribution >= 4 is 5.69 Å². The van der Waals surface area contributed by atoms with Crippen molar-refractivity contribution in [2.45, 2.75) is 20.4 Å². The van der Waals surface area contributed by atoms with Crippen LogP contribution in [0.2, 0.25) is 0 Å². The van der Waals surface area contributed by atoms with Crippen molar-refractivity contribution in [3.05, 3.63) is 53.6 Å². The van der Waals surface area contributed by atoms with Gasteiger partial charge in [-0.15, -0.1) is 0 Å². The maximum atomic E-state index is 10.1. The predicted molar refractivity (Wildman–Crippen MR) is 82.6 cm³/mol. The monoisotopic (exact) mass is 271 g/mol. The number of aryl methyl sites for hydroxylation is 1. The van der Waals surface area contributed by atoms with E-state index in [4.69, 9.17) is 4.74 Å². The Bertz CT molecular complexity index is 564. The van der Waals surface area contributed by atoms with Crippen molar-refractivity contribution in [2.75, 3.05) is 18.6 Å². The third-order valence-corrected chi connectivity index (χ3v) is 3.43. The molecule has 0 amide bonds.